The van der Waals surface area contributed by atoms with Gasteiger partial charge in [-0.3, -0.25) is 0 Å². The van der Waals surface area contributed by atoms with Gasteiger partial charge in [0.2, 0.25) is 5.95 Å². The summed E-state index contributed by atoms with van der Waals surface area (Å²) in [6.45, 7) is 4.87. The van der Waals surface area contributed by atoms with Gasteiger partial charge in [-0.25, -0.2) is 4.98 Å². The van der Waals surface area contributed by atoms with Crippen LogP contribution in [-0.2, 0) is 0 Å². The average Bonchev–Trinajstić information content (AvgIpc) is 3.15. The number of halogens is 1. The largest absolute Gasteiger partial charge is 0.399 e. The van der Waals surface area contributed by atoms with Crippen LogP contribution in [0.25, 0.3) is 10.9 Å². The van der Waals surface area contributed by atoms with Gasteiger partial charge in [0, 0.05) is 40.9 Å². The standard InChI is InChI=1S/C21H22ClN7/c1-2-25-16-5-6-29(12-16)20-18-4-3-14(22)9-19(18)27-21(28-20)26-17-8-13(11-23)7-15(24)10-17/h3-4,7-10,16,25H,2,5-6,12,24H2,1H3,(H,26,27,28)/t16-/m0/s1. The lowest BCUT2D eigenvalue weighted by molar-refractivity contribution is 0.571. The number of nitriles is 1. The first-order chi connectivity index (χ1) is 14.1. The number of hydrogen-bond acceptors (Lipinski definition) is 7. The summed E-state index contributed by atoms with van der Waals surface area (Å²) in [7, 11) is 0. The Hall–Kier alpha value is -3.08. The van der Waals surface area contributed by atoms with Crippen LogP contribution in [0, 0.1) is 11.3 Å². The van der Waals surface area contributed by atoms with Crippen LogP contribution in [0.4, 0.5) is 23.1 Å². The second-order valence-electron chi connectivity index (χ2n) is 7.10. The third-order valence-corrected chi connectivity index (χ3v) is 5.20. The zero-order valence-electron chi connectivity index (χ0n) is 16.1. The Morgan fingerprint density at radius 1 is 1.28 bits per heavy atom. The van der Waals surface area contributed by atoms with E-state index in [0.717, 1.165) is 42.8 Å². The van der Waals surface area contributed by atoms with Crippen molar-refractivity contribution in [1.29, 1.82) is 5.26 Å². The number of rotatable bonds is 5. The fourth-order valence-electron chi connectivity index (χ4n) is 3.71. The van der Waals surface area contributed by atoms with Crippen molar-refractivity contribution in [2.75, 3.05) is 35.6 Å². The molecule has 4 rings (SSSR count). The van der Waals surface area contributed by atoms with Gasteiger partial charge in [0.25, 0.3) is 0 Å². The SMILES string of the molecule is CCN[C@H]1CCN(c2nc(Nc3cc(N)cc(C#N)c3)nc3cc(Cl)ccc23)C1. The minimum atomic E-state index is 0.441. The Kier molecular flexibility index (Phi) is 5.38. The fraction of sp³-hybridized carbons (Fsp3) is 0.286. The Morgan fingerprint density at radius 3 is 2.93 bits per heavy atom. The van der Waals surface area contributed by atoms with E-state index in [-0.39, 0.29) is 0 Å². The van der Waals surface area contributed by atoms with Crippen molar-refractivity contribution >= 4 is 45.6 Å². The molecule has 0 bridgehead atoms. The smallest absolute Gasteiger partial charge is 0.229 e. The molecule has 7 nitrogen and oxygen atoms in total. The van der Waals surface area contributed by atoms with Crippen molar-refractivity contribution in [1.82, 2.24) is 15.3 Å². The summed E-state index contributed by atoms with van der Waals surface area (Å²) in [6.07, 6.45) is 1.07. The number of fused-ring (bicyclic) bond motifs is 1. The van der Waals surface area contributed by atoms with Gasteiger partial charge >= 0.3 is 0 Å². The Labute approximate surface area is 174 Å². The van der Waals surface area contributed by atoms with Crippen LogP contribution in [0.5, 0.6) is 0 Å². The summed E-state index contributed by atoms with van der Waals surface area (Å²) in [5.74, 6) is 1.31. The molecule has 0 amide bonds. The average molecular weight is 408 g/mol. The molecule has 1 aromatic heterocycles. The molecule has 1 atom stereocenters. The number of nitrogen functional groups attached to an aromatic ring is 1. The highest BCUT2D eigenvalue weighted by molar-refractivity contribution is 6.31. The zero-order chi connectivity index (χ0) is 20.4. The third kappa shape index (κ3) is 4.19. The van der Waals surface area contributed by atoms with Crippen molar-refractivity contribution in [3.8, 4) is 6.07 Å². The highest BCUT2D eigenvalue weighted by Gasteiger charge is 2.25. The van der Waals surface area contributed by atoms with Crippen molar-refractivity contribution < 1.29 is 0 Å². The molecule has 1 saturated heterocycles. The number of nitrogens with one attached hydrogen (secondary N) is 2. The van der Waals surface area contributed by atoms with Gasteiger partial charge in [-0.1, -0.05) is 18.5 Å². The summed E-state index contributed by atoms with van der Waals surface area (Å²) >= 11 is 6.21. The van der Waals surface area contributed by atoms with Crippen LogP contribution in [-0.4, -0.2) is 35.6 Å². The number of hydrogen-bond donors (Lipinski definition) is 3. The lowest BCUT2D eigenvalue weighted by Gasteiger charge is -2.21. The van der Waals surface area contributed by atoms with Gasteiger partial charge in [-0.05, 0) is 49.4 Å². The molecule has 3 aromatic rings. The highest BCUT2D eigenvalue weighted by Crippen LogP contribution is 2.31. The molecule has 2 aromatic carbocycles. The summed E-state index contributed by atoms with van der Waals surface area (Å²) in [5.41, 5.74) is 8.32. The first-order valence-electron chi connectivity index (χ1n) is 9.59. The lowest BCUT2D eigenvalue weighted by atomic mass is 10.2. The maximum atomic E-state index is 9.19. The van der Waals surface area contributed by atoms with E-state index in [9.17, 15) is 5.26 Å². The molecule has 1 aliphatic heterocycles. The predicted molar refractivity (Wildman–Crippen MR) is 118 cm³/mol. The minimum absolute atomic E-state index is 0.441. The molecule has 29 heavy (non-hydrogen) atoms. The summed E-state index contributed by atoms with van der Waals surface area (Å²) in [5, 5.41) is 17.5. The topological polar surface area (TPSA) is 103 Å². The van der Waals surface area contributed by atoms with Gasteiger partial charge in [0.1, 0.15) is 5.82 Å². The molecule has 0 unspecified atom stereocenters. The van der Waals surface area contributed by atoms with E-state index in [2.05, 4.69) is 33.5 Å². The number of nitrogens with zero attached hydrogens (tertiary/aromatic N) is 4. The molecule has 1 fully saturated rings. The summed E-state index contributed by atoms with van der Waals surface area (Å²) < 4.78 is 0. The predicted octanol–water partition coefficient (Wildman–Crippen LogP) is 3.67. The molecule has 2 heterocycles. The molecule has 1 aliphatic rings. The molecular weight excluding hydrogens is 386 g/mol. The third-order valence-electron chi connectivity index (χ3n) is 4.96. The fourth-order valence-corrected chi connectivity index (χ4v) is 3.87. The second kappa shape index (κ2) is 8.11. The van der Waals surface area contributed by atoms with Gasteiger partial charge < -0.3 is 21.3 Å². The van der Waals surface area contributed by atoms with E-state index in [4.69, 9.17) is 22.3 Å². The quantitative estimate of drug-likeness (QED) is 0.554. The number of likely N-dealkylation sites (N-methyl/N-ethyl adjacent to an activating group) is 1. The van der Waals surface area contributed by atoms with E-state index in [1.54, 1.807) is 18.2 Å². The molecule has 0 saturated carbocycles. The first-order valence-corrected chi connectivity index (χ1v) is 9.97. The van der Waals surface area contributed by atoms with Crippen LogP contribution >= 0.6 is 11.6 Å². The summed E-state index contributed by atoms with van der Waals surface area (Å²) in [4.78, 5) is 11.7. The number of anilines is 4. The van der Waals surface area contributed by atoms with Gasteiger partial charge in [0.15, 0.2) is 0 Å². The Morgan fingerprint density at radius 2 is 2.14 bits per heavy atom. The van der Waals surface area contributed by atoms with Crippen molar-refractivity contribution in [2.24, 2.45) is 0 Å². The Balaban J connectivity index is 1.74. The maximum absolute atomic E-state index is 9.19. The number of aromatic nitrogens is 2. The maximum Gasteiger partial charge on any atom is 0.229 e. The lowest BCUT2D eigenvalue weighted by Crippen LogP contribution is -2.32. The number of nitrogens with two attached hydrogens (primary N) is 1. The zero-order valence-corrected chi connectivity index (χ0v) is 16.9. The monoisotopic (exact) mass is 407 g/mol. The molecular formula is C21H22ClN7. The molecule has 0 radical (unpaired) electrons. The van der Waals surface area contributed by atoms with Gasteiger partial charge in [0.05, 0.1) is 17.1 Å². The van der Waals surface area contributed by atoms with E-state index < -0.39 is 0 Å². The van der Waals surface area contributed by atoms with E-state index >= 15 is 0 Å². The van der Waals surface area contributed by atoms with E-state index in [1.807, 2.05) is 18.2 Å². The first kappa shape index (κ1) is 19.2. The Bertz CT molecular complexity index is 1090. The van der Waals surface area contributed by atoms with Crippen LogP contribution in [0.1, 0.15) is 18.9 Å². The highest BCUT2D eigenvalue weighted by atomic mass is 35.5. The van der Waals surface area contributed by atoms with E-state index in [1.165, 1.54) is 0 Å². The van der Waals surface area contributed by atoms with Crippen LogP contribution in [0.3, 0.4) is 0 Å². The second-order valence-corrected chi connectivity index (χ2v) is 7.54. The molecule has 148 valence electrons. The molecule has 4 N–H and O–H groups in total. The molecule has 0 spiro atoms. The van der Waals surface area contributed by atoms with Crippen molar-refractivity contribution in [2.45, 2.75) is 19.4 Å². The van der Waals surface area contributed by atoms with E-state index in [0.29, 0.717) is 34.0 Å². The summed E-state index contributed by atoms with van der Waals surface area (Å²) in [6, 6.07) is 13.3. The van der Waals surface area contributed by atoms with Crippen LogP contribution in [0.15, 0.2) is 36.4 Å². The number of benzene rings is 2. The molecule has 8 heteroatoms. The van der Waals surface area contributed by atoms with Gasteiger partial charge in [-0.15, -0.1) is 0 Å². The van der Waals surface area contributed by atoms with Crippen LogP contribution in [0.2, 0.25) is 5.02 Å². The van der Waals surface area contributed by atoms with Gasteiger partial charge in [-0.2, -0.15) is 10.2 Å². The normalized spacial score (nSPS) is 16.2. The molecule has 0 aliphatic carbocycles. The van der Waals surface area contributed by atoms with Crippen molar-refractivity contribution in [3.05, 3.63) is 47.0 Å². The minimum Gasteiger partial charge on any atom is -0.399 e. The van der Waals surface area contributed by atoms with Crippen molar-refractivity contribution in [3.63, 3.8) is 0 Å². The van der Waals surface area contributed by atoms with Crippen LogP contribution < -0.4 is 21.3 Å².